The summed E-state index contributed by atoms with van der Waals surface area (Å²) in [5, 5.41) is 2.45. The minimum absolute atomic E-state index is 0.0571. The monoisotopic (exact) mass is 226 g/mol. The summed E-state index contributed by atoms with van der Waals surface area (Å²) in [5.74, 6) is 1.58. The first kappa shape index (κ1) is 10.4. The molecular weight excluding hydrogens is 216 g/mol. The Labute approximate surface area is 82.9 Å². The Morgan fingerprint density at radius 3 is 2.92 bits per heavy atom. The van der Waals surface area contributed by atoms with Gasteiger partial charge in [0, 0.05) is 17.7 Å². The smallest absolute Gasteiger partial charge is 0.164 e. The molecule has 0 radical (unpaired) electrons. The van der Waals surface area contributed by atoms with Crippen molar-refractivity contribution in [1.82, 2.24) is 5.32 Å². The quantitative estimate of drug-likeness (QED) is 0.446. The van der Waals surface area contributed by atoms with Crippen molar-refractivity contribution in [1.29, 1.82) is 0 Å². The predicted octanol–water partition coefficient (Wildman–Crippen LogP) is -0.475. The molecule has 1 rings (SSSR count). The molecule has 4 nitrogen and oxygen atoms in total. The SMILES string of the molecule is NC(=S)C(C1CSCN1)S(=O)O. The lowest BCUT2D eigenvalue weighted by molar-refractivity contribution is 0.540. The minimum atomic E-state index is -1.97. The lowest BCUT2D eigenvalue weighted by atomic mass is 10.2. The van der Waals surface area contributed by atoms with Crippen molar-refractivity contribution in [2.24, 2.45) is 5.73 Å². The van der Waals surface area contributed by atoms with Crippen molar-refractivity contribution in [2.75, 3.05) is 11.6 Å². The van der Waals surface area contributed by atoms with Gasteiger partial charge in [0.1, 0.15) is 5.25 Å². The molecule has 0 bridgehead atoms. The van der Waals surface area contributed by atoms with E-state index in [2.05, 4.69) is 5.32 Å². The van der Waals surface area contributed by atoms with Gasteiger partial charge in [-0.15, -0.1) is 11.8 Å². The molecule has 3 atom stereocenters. The second-order valence-electron chi connectivity index (χ2n) is 2.42. The molecule has 3 unspecified atom stereocenters. The largest absolute Gasteiger partial charge is 0.392 e. The lowest BCUT2D eigenvalue weighted by Crippen LogP contribution is -2.47. The highest BCUT2D eigenvalue weighted by Crippen LogP contribution is 2.15. The number of hydrogen-bond acceptors (Lipinski definition) is 4. The van der Waals surface area contributed by atoms with Gasteiger partial charge in [0.15, 0.2) is 11.1 Å². The molecule has 12 heavy (non-hydrogen) atoms. The standard InChI is InChI=1S/C5H10N2O2S3/c6-5(10)4(12(8)9)3-1-11-2-7-3/h3-4,7H,1-2H2,(H2,6,10)(H,8,9). The summed E-state index contributed by atoms with van der Waals surface area (Å²) in [7, 11) is 0. The van der Waals surface area contributed by atoms with E-state index in [-0.39, 0.29) is 11.0 Å². The van der Waals surface area contributed by atoms with Crippen LogP contribution in [0.4, 0.5) is 0 Å². The van der Waals surface area contributed by atoms with Gasteiger partial charge in [0.2, 0.25) is 0 Å². The molecule has 0 amide bonds. The molecule has 0 aliphatic carbocycles. The molecule has 0 aromatic rings. The summed E-state index contributed by atoms with van der Waals surface area (Å²) < 4.78 is 19.7. The molecule has 1 saturated heterocycles. The van der Waals surface area contributed by atoms with Crippen LogP contribution in [0.15, 0.2) is 0 Å². The maximum absolute atomic E-state index is 10.8. The van der Waals surface area contributed by atoms with Crippen molar-refractivity contribution in [2.45, 2.75) is 11.3 Å². The highest BCUT2D eigenvalue weighted by atomic mass is 32.2. The summed E-state index contributed by atoms with van der Waals surface area (Å²) in [6.07, 6.45) is 0. The fraction of sp³-hybridized carbons (Fsp3) is 0.800. The molecule has 0 saturated carbocycles. The number of hydrogen-bond donors (Lipinski definition) is 3. The normalized spacial score (nSPS) is 28.2. The van der Waals surface area contributed by atoms with Gasteiger partial charge in [-0.2, -0.15) is 0 Å². The van der Waals surface area contributed by atoms with E-state index in [1.54, 1.807) is 11.8 Å². The average Bonchev–Trinajstić information content (AvgIpc) is 2.37. The Hall–Kier alpha value is 0.310. The van der Waals surface area contributed by atoms with E-state index in [1.807, 2.05) is 0 Å². The Morgan fingerprint density at radius 1 is 1.92 bits per heavy atom. The molecule has 0 aromatic carbocycles. The van der Waals surface area contributed by atoms with E-state index in [4.69, 9.17) is 22.5 Å². The van der Waals surface area contributed by atoms with Crippen LogP contribution in [0.25, 0.3) is 0 Å². The van der Waals surface area contributed by atoms with E-state index in [9.17, 15) is 4.21 Å². The molecule has 0 spiro atoms. The van der Waals surface area contributed by atoms with Crippen LogP contribution in [0.3, 0.4) is 0 Å². The molecule has 1 aliphatic heterocycles. The Morgan fingerprint density at radius 2 is 2.58 bits per heavy atom. The molecule has 4 N–H and O–H groups in total. The van der Waals surface area contributed by atoms with Gasteiger partial charge >= 0.3 is 0 Å². The number of rotatable bonds is 3. The minimum Gasteiger partial charge on any atom is -0.392 e. The third-order valence-electron chi connectivity index (χ3n) is 1.61. The number of thioether (sulfide) groups is 1. The number of nitrogens with two attached hydrogens (primary N) is 1. The van der Waals surface area contributed by atoms with Crippen molar-refractivity contribution in [3.8, 4) is 0 Å². The zero-order valence-electron chi connectivity index (χ0n) is 6.23. The maximum atomic E-state index is 10.8. The molecule has 7 heteroatoms. The predicted molar refractivity (Wildman–Crippen MR) is 55.6 cm³/mol. The molecular formula is C5H10N2O2S3. The van der Waals surface area contributed by atoms with E-state index < -0.39 is 16.3 Å². The molecule has 1 fully saturated rings. The number of nitrogens with one attached hydrogen (secondary N) is 1. The van der Waals surface area contributed by atoms with Crippen LogP contribution in [0.2, 0.25) is 0 Å². The van der Waals surface area contributed by atoms with E-state index in [0.717, 1.165) is 11.6 Å². The Bertz CT molecular complexity index is 191. The van der Waals surface area contributed by atoms with Gasteiger partial charge in [0.05, 0.1) is 4.99 Å². The van der Waals surface area contributed by atoms with Crippen LogP contribution in [0.1, 0.15) is 0 Å². The van der Waals surface area contributed by atoms with E-state index in [1.165, 1.54) is 0 Å². The lowest BCUT2D eigenvalue weighted by Gasteiger charge is -2.17. The first-order chi connectivity index (χ1) is 5.63. The number of thiocarbonyl (C=S) groups is 1. The van der Waals surface area contributed by atoms with E-state index >= 15 is 0 Å². The van der Waals surface area contributed by atoms with Crippen molar-refractivity contribution in [3.63, 3.8) is 0 Å². The summed E-state index contributed by atoms with van der Waals surface area (Å²) in [6.45, 7) is 0. The van der Waals surface area contributed by atoms with Crippen molar-refractivity contribution >= 4 is 40.0 Å². The van der Waals surface area contributed by atoms with Crippen LogP contribution < -0.4 is 11.1 Å². The molecule has 70 valence electrons. The topological polar surface area (TPSA) is 75.3 Å². The maximum Gasteiger partial charge on any atom is 0.164 e. The third kappa shape index (κ3) is 2.40. The van der Waals surface area contributed by atoms with Gasteiger partial charge in [-0.25, -0.2) is 4.21 Å². The molecule has 1 aliphatic rings. The van der Waals surface area contributed by atoms with Gasteiger partial charge < -0.3 is 15.6 Å². The first-order valence-electron chi connectivity index (χ1n) is 3.33. The summed E-state index contributed by atoms with van der Waals surface area (Å²) in [5.41, 5.74) is 5.35. The van der Waals surface area contributed by atoms with E-state index in [0.29, 0.717) is 0 Å². The van der Waals surface area contributed by atoms with Crippen molar-refractivity contribution < 1.29 is 8.76 Å². The average molecular weight is 226 g/mol. The second kappa shape index (κ2) is 4.52. The van der Waals surface area contributed by atoms with Gasteiger partial charge in [-0.05, 0) is 0 Å². The second-order valence-corrected chi connectivity index (χ2v) is 4.99. The highest BCUT2D eigenvalue weighted by Gasteiger charge is 2.31. The van der Waals surface area contributed by atoms with Crippen LogP contribution in [0, 0.1) is 0 Å². The fourth-order valence-electron chi connectivity index (χ4n) is 1.04. The zero-order valence-corrected chi connectivity index (χ0v) is 8.68. The Balaban J connectivity index is 2.64. The van der Waals surface area contributed by atoms with Crippen LogP contribution in [0.5, 0.6) is 0 Å². The summed E-state index contributed by atoms with van der Waals surface area (Å²) in [4.78, 5) is 0.107. The van der Waals surface area contributed by atoms with Crippen LogP contribution in [-0.2, 0) is 11.1 Å². The van der Waals surface area contributed by atoms with Gasteiger partial charge in [0.25, 0.3) is 0 Å². The first-order valence-corrected chi connectivity index (χ1v) is 6.06. The van der Waals surface area contributed by atoms with Gasteiger partial charge in [-0.1, -0.05) is 12.2 Å². The molecule has 0 aromatic heterocycles. The third-order valence-corrected chi connectivity index (χ3v) is 3.99. The Kier molecular flexibility index (Phi) is 3.91. The van der Waals surface area contributed by atoms with Crippen LogP contribution >= 0.6 is 24.0 Å². The zero-order chi connectivity index (χ0) is 9.14. The molecule has 1 heterocycles. The fourth-order valence-corrected chi connectivity index (χ4v) is 3.26. The van der Waals surface area contributed by atoms with Gasteiger partial charge in [-0.3, -0.25) is 0 Å². The highest BCUT2D eigenvalue weighted by molar-refractivity contribution is 7.99. The summed E-state index contributed by atoms with van der Waals surface area (Å²) >= 11 is 4.41. The summed E-state index contributed by atoms with van der Waals surface area (Å²) in [6, 6.07) is -0.0571. The van der Waals surface area contributed by atoms with Crippen molar-refractivity contribution in [3.05, 3.63) is 0 Å². The van der Waals surface area contributed by atoms with Crippen LogP contribution in [-0.4, -0.2) is 36.7 Å².